The van der Waals surface area contributed by atoms with E-state index >= 15 is 0 Å². The summed E-state index contributed by atoms with van der Waals surface area (Å²) in [5, 5.41) is 11.7. The molecule has 7 nitrogen and oxygen atoms in total. The van der Waals surface area contributed by atoms with Gasteiger partial charge in [0.2, 0.25) is 11.8 Å². The minimum atomic E-state index is -1.03. The van der Waals surface area contributed by atoms with E-state index in [4.69, 9.17) is 9.84 Å². The van der Waals surface area contributed by atoms with Crippen LogP contribution in [0.2, 0.25) is 0 Å². The number of amides is 2. The van der Waals surface area contributed by atoms with Crippen LogP contribution in [-0.4, -0.2) is 60.1 Å². The number of carboxylic acid groups (broad SMARTS) is 1. The van der Waals surface area contributed by atoms with Gasteiger partial charge in [-0.1, -0.05) is 30.3 Å². The zero-order valence-electron chi connectivity index (χ0n) is 14.9. The molecule has 0 bridgehead atoms. The van der Waals surface area contributed by atoms with Crippen LogP contribution in [0.3, 0.4) is 0 Å². The molecule has 0 saturated carbocycles. The smallest absolute Gasteiger partial charge is 0.305 e. The van der Waals surface area contributed by atoms with Gasteiger partial charge in [-0.2, -0.15) is 0 Å². The van der Waals surface area contributed by atoms with Crippen LogP contribution in [0.25, 0.3) is 0 Å². The number of aliphatic carboxylic acids is 1. The fourth-order valence-electron chi connectivity index (χ4n) is 2.59. The van der Waals surface area contributed by atoms with Crippen LogP contribution in [0, 0.1) is 0 Å². The topological polar surface area (TPSA) is 95.9 Å². The van der Waals surface area contributed by atoms with E-state index < -0.39 is 17.4 Å². The third-order valence-electron chi connectivity index (χ3n) is 3.74. The molecular weight excluding hydrogens is 324 g/mol. The maximum atomic E-state index is 12.3. The third kappa shape index (κ3) is 7.80. The quantitative estimate of drug-likeness (QED) is 0.658. The SMILES string of the molecule is COCC(C)(CC(=O)O)NC(=O)CN(CCc1ccccc1)C(C)=O. The lowest BCUT2D eigenvalue weighted by Crippen LogP contribution is -2.53. The van der Waals surface area contributed by atoms with Crippen molar-refractivity contribution in [3.05, 3.63) is 35.9 Å². The lowest BCUT2D eigenvalue weighted by molar-refractivity contribution is -0.140. The molecule has 1 rings (SSSR count). The largest absolute Gasteiger partial charge is 0.481 e. The van der Waals surface area contributed by atoms with Gasteiger partial charge in [0.25, 0.3) is 0 Å². The molecule has 0 fully saturated rings. The highest BCUT2D eigenvalue weighted by Crippen LogP contribution is 2.10. The van der Waals surface area contributed by atoms with Crippen LogP contribution in [0.4, 0.5) is 0 Å². The minimum absolute atomic E-state index is 0.0646. The van der Waals surface area contributed by atoms with Gasteiger partial charge in [-0.05, 0) is 18.9 Å². The van der Waals surface area contributed by atoms with Crippen LogP contribution in [0.5, 0.6) is 0 Å². The fourth-order valence-corrected chi connectivity index (χ4v) is 2.59. The van der Waals surface area contributed by atoms with Gasteiger partial charge in [-0.25, -0.2) is 0 Å². The lowest BCUT2D eigenvalue weighted by atomic mass is 9.99. The molecule has 2 N–H and O–H groups in total. The summed E-state index contributed by atoms with van der Waals surface area (Å²) in [4.78, 5) is 36.5. The summed E-state index contributed by atoms with van der Waals surface area (Å²) in [5.41, 5.74) is 0.0452. The first-order valence-corrected chi connectivity index (χ1v) is 8.07. The van der Waals surface area contributed by atoms with Crippen LogP contribution >= 0.6 is 0 Å². The monoisotopic (exact) mass is 350 g/mol. The number of hydrogen-bond donors (Lipinski definition) is 2. The summed E-state index contributed by atoms with van der Waals surface area (Å²) < 4.78 is 5.01. The first-order valence-electron chi connectivity index (χ1n) is 8.07. The molecule has 1 aromatic rings. The van der Waals surface area contributed by atoms with E-state index in [0.29, 0.717) is 13.0 Å². The molecule has 7 heteroatoms. The number of hydrogen-bond acceptors (Lipinski definition) is 4. The van der Waals surface area contributed by atoms with E-state index in [1.54, 1.807) is 6.92 Å². The zero-order chi connectivity index (χ0) is 18.9. The number of rotatable bonds is 10. The van der Waals surface area contributed by atoms with E-state index in [2.05, 4.69) is 5.32 Å². The van der Waals surface area contributed by atoms with Gasteiger partial charge in [-0.15, -0.1) is 0 Å². The van der Waals surface area contributed by atoms with Crippen molar-refractivity contribution in [2.24, 2.45) is 0 Å². The number of methoxy groups -OCH3 is 1. The molecule has 0 heterocycles. The second-order valence-electron chi connectivity index (χ2n) is 6.29. The van der Waals surface area contributed by atoms with Gasteiger partial charge in [-0.3, -0.25) is 14.4 Å². The van der Waals surface area contributed by atoms with Gasteiger partial charge in [0.1, 0.15) is 0 Å². The molecule has 1 atom stereocenters. The summed E-state index contributed by atoms with van der Waals surface area (Å²) in [7, 11) is 1.44. The zero-order valence-corrected chi connectivity index (χ0v) is 14.9. The first kappa shape index (κ1) is 20.6. The Morgan fingerprint density at radius 2 is 1.88 bits per heavy atom. The highest BCUT2D eigenvalue weighted by atomic mass is 16.5. The van der Waals surface area contributed by atoms with Crippen molar-refractivity contribution < 1.29 is 24.2 Å². The molecule has 25 heavy (non-hydrogen) atoms. The molecule has 1 aromatic carbocycles. The van der Waals surface area contributed by atoms with E-state index in [-0.39, 0.29) is 25.5 Å². The maximum absolute atomic E-state index is 12.3. The molecule has 0 spiro atoms. The van der Waals surface area contributed by atoms with Gasteiger partial charge in [0, 0.05) is 20.6 Å². The van der Waals surface area contributed by atoms with Crippen molar-refractivity contribution >= 4 is 17.8 Å². The maximum Gasteiger partial charge on any atom is 0.305 e. The number of ether oxygens (including phenoxy) is 1. The Balaban J connectivity index is 2.65. The number of carboxylic acids is 1. The average molecular weight is 350 g/mol. The molecule has 2 amide bonds. The number of benzene rings is 1. The Labute approximate surface area is 148 Å². The van der Waals surface area contributed by atoms with Crippen molar-refractivity contribution in [3.63, 3.8) is 0 Å². The number of nitrogens with one attached hydrogen (secondary N) is 1. The summed E-state index contributed by atoms with van der Waals surface area (Å²) in [6.45, 7) is 3.36. The predicted octanol–water partition coefficient (Wildman–Crippen LogP) is 1.07. The Hall–Kier alpha value is -2.41. The van der Waals surface area contributed by atoms with Crippen LogP contribution in [0.1, 0.15) is 25.8 Å². The second kappa shape index (κ2) is 9.78. The van der Waals surface area contributed by atoms with Crippen molar-refractivity contribution in [1.29, 1.82) is 0 Å². The predicted molar refractivity (Wildman–Crippen MR) is 93.1 cm³/mol. The van der Waals surface area contributed by atoms with Crippen LogP contribution in [0.15, 0.2) is 30.3 Å². The molecular formula is C18H26N2O5. The molecule has 0 aliphatic carbocycles. The van der Waals surface area contributed by atoms with Crippen molar-refractivity contribution in [3.8, 4) is 0 Å². The lowest BCUT2D eigenvalue weighted by Gasteiger charge is -2.30. The van der Waals surface area contributed by atoms with E-state index in [9.17, 15) is 14.4 Å². The summed E-state index contributed by atoms with van der Waals surface area (Å²) in [6, 6.07) is 9.67. The van der Waals surface area contributed by atoms with Gasteiger partial charge >= 0.3 is 5.97 Å². The highest BCUT2D eigenvalue weighted by Gasteiger charge is 2.30. The molecule has 0 aliphatic rings. The second-order valence-corrected chi connectivity index (χ2v) is 6.29. The fraction of sp³-hybridized carbons (Fsp3) is 0.500. The van der Waals surface area contributed by atoms with Crippen LogP contribution < -0.4 is 5.32 Å². The third-order valence-corrected chi connectivity index (χ3v) is 3.74. The van der Waals surface area contributed by atoms with E-state index in [1.807, 2.05) is 30.3 Å². The van der Waals surface area contributed by atoms with E-state index in [1.165, 1.54) is 18.9 Å². The van der Waals surface area contributed by atoms with E-state index in [0.717, 1.165) is 5.56 Å². The molecule has 1 unspecified atom stereocenters. The Morgan fingerprint density at radius 1 is 1.24 bits per heavy atom. The first-order chi connectivity index (χ1) is 11.8. The Bertz CT molecular complexity index is 590. The molecule has 0 aromatic heterocycles. The Kier molecular flexibility index (Phi) is 8.07. The molecule has 0 radical (unpaired) electrons. The van der Waals surface area contributed by atoms with Gasteiger partial charge < -0.3 is 20.1 Å². The van der Waals surface area contributed by atoms with Crippen molar-refractivity contribution in [2.75, 3.05) is 26.8 Å². The molecule has 0 saturated heterocycles. The average Bonchev–Trinajstić information content (AvgIpc) is 2.51. The summed E-state index contributed by atoms with van der Waals surface area (Å²) >= 11 is 0. The number of carbonyl (C=O) groups excluding carboxylic acids is 2. The molecule has 0 aliphatic heterocycles. The Morgan fingerprint density at radius 3 is 2.40 bits per heavy atom. The van der Waals surface area contributed by atoms with Gasteiger partial charge in [0.05, 0.1) is 25.1 Å². The summed E-state index contributed by atoms with van der Waals surface area (Å²) in [6.07, 6.45) is 0.370. The minimum Gasteiger partial charge on any atom is -0.481 e. The summed E-state index contributed by atoms with van der Waals surface area (Å²) in [5.74, 6) is -1.66. The van der Waals surface area contributed by atoms with Crippen molar-refractivity contribution in [1.82, 2.24) is 10.2 Å². The number of carbonyl (C=O) groups is 3. The normalized spacial score (nSPS) is 12.9. The van der Waals surface area contributed by atoms with Gasteiger partial charge in [0.15, 0.2) is 0 Å². The van der Waals surface area contributed by atoms with Crippen LogP contribution in [-0.2, 0) is 25.5 Å². The highest BCUT2D eigenvalue weighted by molar-refractivity contribution is 5.84. The molecule has 138 valence electrons. The number of nitrogens with zero attached hydrogens (tertiary/aromatic N) is 1. The van der Waals surface area contributed by atoms with Crippen molar-refractivity contribution in [2.45, 2.75) is 32.2 Å². The standard InChI is InChI=1S/C18H26N2O5/c1-14(21)20(10-9-15-7-5-4-6-8-15)12-16(22)19-18(2,13-25-3)11-17(23)24/h4-8H,9-13H2,1-3H3,(H,19,22)(H,23,24).